The summed E-state index contributed by atoms with van der Waals surface area (Å²) in [6.07, 6.45) is 1.84. The highest BCUT2D eigenvalue weighted by molar-refractivity contribution is 9.11. The van der Waals surface area contributed by atoms with E-state index in [1.807, 2.05) is 19.3 Å². The summed E-state index contributed by atoms with van der Waals surface area (Å²) in [7, 11) is 4.03. The maximum atomic E-state index is 4.39. The molecule has 5 heteroatoms. The number of nitrogens with one attached hydrogen (secondary N) is 1. The van der Waals surface area contributed by atoms with E-state index in [4.69, 9.17) is 0 Å². The number of pyridine rings is 1. The van der Waals surface area contributed by atoms with Gasteiger partial charge < -0.3 is 5.32 Å². The lowest BCUT2D eigenvalue weighted by Crippen LogP contribution is -2.17. The van der Waals surface area contributed by atoms with E-state index in [9.17, 15) is 0 Å². The summed E-state index contributed by atoms with van der Waals surface area (Å²) in [5.41, 5.74) is 3.52. The third kappa shape index (κ3) is 3.80. The van der Waals surface area contributed by atoms with Crippen molar-refractivity contribution in [3.05, 3.63) is 44.8 Å². The molecule has 2 heterocycles. The average Bonchev–Trinajstić information content (AvgIpc) is 2.74. The monoisotopic (exact) mass is 325 g/mol. The Kier molecular flexibility index (Phi) is 4.74. The third-order valence-corrected chi connectivity index (χ3v) is 4.16. The molecule has 96 valence electrons. The highest BCUT2D eigenvalue weighted by Crippen LogP contribution is 2.21. The van der Waals surface area contributed by atoms with Gasteiger partial charge in [-0.2, -0.15) is 0 Å². The lowest BCUT2D eigenvalue weighted by molar-refractivity contribution is 0.315. The van der Waals surface area contributed by atoms with E-state index in [1.54, 1.807) is 11.3 Å². The van der Waals surface area contributed by atoms with Crippen LogP contribution in [-0.2, 0) is 13.1 Å². The molecule has 18 heavy (non-hydrogen) atoms. The maximum absolute atomic E-state index is 4.39. The first-order valence-electron chi connectivity index (χ1n) is 5.71. The Morgan fingerprint density at radius 3 is 2.89 bits per heavy atom. The summed E-state index contributed by atoms with van der Waals surface area (Å²) in [6.45, 7) is 1.79. The van der Waals surface area contributed by atoms with E-state index in [2.05, 4.69) is 55.7 Å². The van der Waals surface area contributed by atoms with E-state index < -0.39 is 0 Å². The summed E-state index contributed by atoms with van der Waals surface area (Å²) < 4.78 is 1.18. The summed E-state index contributed by atoms with van der Waals surface area (Å²) >= 11 is 5.21. The van der Waals surface area contributed by atoms with Gasteiger partial charge in [0.1, 0.15) is 0 Å². The van der Waals surface area contributed by atoms with E-state index >= 15 is 0 Å². The molecule has 1 N–H and O–H groups in total. The van der Waals surface area contributed by atoms with Gasteiger partial charge in [0.05, 0.1) is 9.48 Å². The fraction of sp³-hybridized carbons (Fsp3) is 0.308. The molecule has 2 aromatic heterocycles. The molecule has 3 nitrogen and oxygen atoms in total. The van der Waals surface area contributed by atoms with Gasteiger partial charge in [-0.15, -0.1) is 11.3 Å². The van der Waals surface area contributed by atoms with Crippen molar-refractivity contribution in [2.45, 2.75) is 13.1 Å². The molecule has 0 aliphatic carbocycles. The van der Waals surface area contributed by atoms with Gasteiger partial charge in [0, 0.05) is 32.0 Å². The number of hydrogen-bond donors (Lipinski definition) is 1. The van der Waals surface area contributed by atoms with Gasteiger partial charge in [-0.3, -0.25) is 9.88 Å². The van der Waals surface area contributed by atoms with Crippen LogP contribution in [0, 0.1) is 0 Å². The number of anilines is 1. The van der Waals surface area contributed by atoms with Gasteiger partial charge in [-0.05, 0) is 52.1 Å². The van der Waals surface area contributed by atoms with Crippen LogP contribution >= 0.6 is 27.3 Å². The van der Waals surface area contributed by atoms with Gasteiger partial charge in [-0.25, -0.2) is 0 Å². The van der Waals surface area contributed by atoms with Crippen LogP contribution in [0.25, 0.3) is 0 Å². The van der Waals surface area contributed by atoms with Crippen molar-refractivity contribution < 1.29 is 0 Å². The molecular formula is C13H16BrN3S. The van der Waals surface area contributed by atoms with Crippen LogP contribution in [0.1, 0.15) is 11.3 Å². The minimum atomic E-state index is 0.850. The summed E-state index contributed by atoms with van der Waals surface area (Å²) in [6, 6.07) is 6.22. The van der Waals surface area contributed by atoms with Crippen molar-refractivity contribution in [1.82, 2.24) is 9.88 Å². The largest absolute Gasteiger partial charge is 0.388 e. The molecule has 0 fully saturated rings. The first-order chi connectivity index (χ1) is 8.67. The van der Waals surface area contributed by atoms with Crippen molar-refractivity contribution in [2.75, 3.05) is 19.4 Å². The van der Waals surface area contributed by atoms with Gasteiger partial charge in [0.2, 0.25) is 0 Å². The van der Waals surface area contributed by atoms with Gasteiger partial charge >= 0.3 is 0 Å². The highest BCUT2D eigenvalue weighted by Gasteiger charge is 2.05. The Morgan fingerprint density at radius 1 is 1.39 bits per heavy atom. The summed E-state index contributed by atoms with van der Waals surface area (Å²) in [5, 5.41) is 5.31. The number of aromatic nitrogens is 1. The Labute approximate surface area is 120 Å². The van der Waals surface area contributed by atoms with E-state index in [1.165, 1.54) is 9.35 Å². The predicted octanol–water partition coefficient (Wildman–Crippen LogP) is 3.58. The zero-order chi connectivity index (χ0) is 13.0. The molecule has 0 aliphatic heterocycles. The van der Waals surface area contributed by atoms with Crippen molar-refractivity contribution in [3.8, 4) is 0 Å². The fourth-order valence-electron chi connectivity index (χ4n) is 1.79. The molecule has 0 saturated heterocycles. The smallest absolute Gasteiger partial charge is 0.0701 e. The Hall–Kier alpha value is -0.910. The molecule has 0 aromatic carbocycles. The first kappa shape index (κ1) is 13.5. The van der Waals surface area contributed by atoms with Crippen LogP contribution in [-0.4, -0.2) is 24.0 Å². The Balaban J connectivity index is 1.96. The average molecular weight is 326 g/mol. The molecule has 2 aromatic rings. The molecular weight excluding hydrogens is 310 g/mol. The lowest BCUT2D eigenvalue weighted by atomic mass is 10.2. The van der Waals surface area contributed by atoms with Gasteiger partial charge in [-0.1, -0.05) is 0 Å². The molecule has 2 rings (SSSR count). The molecule has 0 radical (unpaired) electrons. The minimum absolute atomic E-state index is 0.850. The Morgan fingerprint density at radius 2 is 2.22 bits per heavy atom. The van der Waals surface area contributed by atoms with Crippen LogP contribution in [0.5, 0.6) is 0 Å². The first-order valence-corrected chi connectivity index (χ1v) is 7.39. The zero-order valence-electron chi connectivity index (χ0n) is 10.5. The number of rotatable bonds is 5. The SMILES string of the molecule is CNc1ccnc(CN(C)Cc2csc(Br)c2)c1. The van der Waals surface area contributed by atoms with E-state index in [-0.39, 0.29) is 0 Å². The number of halogens is 1. The normalized spacial score (nSPS) is 10.9. The second-order valence-electron chi connectivity index (χ2n) is 4.22. The van der Waals surface area contributed by atoms with Crippen molar-refractivity contribution >= 4 is 33.0 Å². The second-order valence-corrected chi connectivity index (χ2v) is 6.51. The minimum Gasteiger partial charge on any atom is -0.388 e. The van der Waals surface area contributed by atoms with Crippen LogP contribution in [0.3, 0.4) is 0 Å². The molecule has 0 atom stereocenters. The van der Waals surface area contributed by atoms with E-state index in [0.717, 1.165) is 24.5 Å². The van der Waals surface area contributed by atoms with Crippen molar-refractivity contribution in [1.29, 1.82) is 0 Å². The van der Waals surface area contributed by atoms with Gasteiger partial charge in [0.15, 0.2) is 0 Å². The predicted molar refractivity (Wildman–Crippen MR) is 81.0 cm³/mol. The van der Waals surface area contributed by atoms with Crippen LogP contribution < -0.4 is 5.32 Å². The molecule has 0 saturated carbocycles. The summed E-state index contributed by atoms with van der Waals surface area (Å²) in [4.78, 5) is 6.65. The highest BCUT2D eigenvalue weighted by atomic mass is 79.9. The number of thiophene rings is 1. The molecule has 0 bridgehead atoms. The zero-order valence-corrected chi connectivity index (χ0v) is 12.9. The third-order valence-electron chi connectivity index (χ3n) is 2.61. The maximum Gasteiger partial charge on any atom is 0.0701 e. The number of nitrogens with zero attached hydrogens (tertiary/aromatic N) is 2. The van der Waals surface area contributed by atoms with Crippen LogP contribution in [0.15, 0.2) is 33.6 Å². The molecule has 0 amide bonds. The topological polar surface area (TPSA) is 28.2 Å². The fourth-order valence-corrected chi connectivity index (χ4v) is 2.99. The molecule has 0 aliphatic rings. The van der Waals surface area contributed by atoms with Crippen LogP contribution in [0.2, 0.25) is 0 Å². The van der Waals surface area contributed by atoms with Crippen molar-refractivity contribution in [3.63, 3.8) is 0 Å². The van der Waals surface area contributed by atoms with Gasteiger partial charge in [0.25, 0.3) is 0 Å². The molecule has 0 unspecified atom stereocenters. The lowest BCUT2D eigenvalue weighted by Gasteiger charge is -2.15. The quantitative estimate of drug-likeness (QED) is 0.910. The Bertz CT molecular complexity index is 512. The van der Waals surface area contributed by atoms with E-state index in [0.29, 0.717) is 0 Å². The summed E-state index contributed by atoms with van der Waals surface area (Å²) in [5.74, 6) is 0. The van der Waals surface area contributed by atoms with Crippen LogP contribution in [0.4, 0.5) is 5.69 Å². The standard InChI is InChI=1S/C13H16BrN3S/c1-15-11-3-4-16-12(6-11)8-17(2)7-10-5-13(14)18-9-10/h3-6,9H,7-8H2,1-2H3,(H,15,16). The van der Waals surface area contributed by atoms with Crippen molar-refractivity contribution in [2.24, 2.45) is 0 Å². The molecule has 0 spiro atoms. The number of hydrogen-bond acceptors (Lipinski definition) is 4. The second kappa shape index (κ2) is 6.31.